The van der Waals surface area contributed by atoms with Crippen molar-refractivity contribution in [3.63, 3.8) is 0 Å². The van der Waals surface area contributed by atoms with Gasteiger partial charge in [0.05, 0.1) is 6.54 Å². The van der Waals surface area contributed by atoms with E-state index in [0.29, 0.717) is 5.96 Å². The Morgan fingerprint density at radius 1 is 1.32 bits per heavy atom. The van der Waals surface area contributed by atoms with E-state index in [1.807, 2.05) is 19.3 Å². The van der Waals surface area contributed by atoms with Gasteiger partial charge in [-0.25, -0.2) is 4.98 Å². The van der Waals surface area contributed by atoms with E-state index in [4.69, 9.17) is 5.73 Å². The molecule has 19 heavy (non-hydrogen) atoms. The summed E-state index contributed by atoms with van der Waals surface area (Å²) in [5.41, 5.74) is 6.05. The van der Waals surface area contributed by atoms with Gasteiger partial charge in [0.15, 0.2) is 5.96 Å². The van der Waals surface area contributed by atoms with Crippen LogP contribution in [0.4, 0.5) is 0 Å². The van der Waals surface area contributed by atoms with E-state index in [2.05, 4.69) is 19.4 Å². The molecule has 0 atom stereocenters. The molecule has 1 saturated heterocycles. The average molecular weight is 377 g/mol. The molecule has 1 aromatic rings. The number of imidazole rings is 1. The third-order valence-corrected chi connectivity index (χ3v) is 3.47. The highest BCUT2D eigenvalue weighted by molar-refractivity contribution is 14.0. The number of halogens is 1. The molecule has 0 radical (unpaired) electrons. The standard InChI is InChI=1S/C13H23N5.HI/c1-12-15-6-10-17(12)11-7-16-13(14)18-8-4-2-3-5-9-18;/h6,10H,2-5,7-9,11H2,1H3,(H2,14,16);1H. The van der Waals surface area contributed by atoms with E-state index in [-0.39, 0.29) is 24.0 Å². The van der Waals surface area contributed by atoms with E-state index in [0.717, 1.165) is 32.0 Å². The van der Waals surface area contributed by atoms with Crippen LogP contribution in [-0.4, -0.2) is 40.0 Å². The van der Waals surface area contributed by atoms with Crippen LogP contribution in [0.3, 0.4) is 0 Å². The molecule has 0 aromatic carbocycles. The number of hydrogen-bond donors (Lipinski definition) is 1. The van der Waals surface area contributed by atoms with E-state index in [9.17, 15) is 0 Å². The molecule has 2 heterocycles. The lowest BCUT2D eigenvalue weighted by atomic mass is 10.2. The molecular weight excluding hydrogens is 353 g/mol. The Bertz CT molecular complexity index is 393. The van der Waals surface area contributed by atoms with Crippen LogP contribution < -0.4 is 5.73 Å². The number of guanidine groups is 1. The maximum absolute atomic E-state index is 6.05. The first kappa shape index (κ1) is 16.3. The Kier molecular flexibility index (Phi) is 7.19. The fourth-order valence-corrected chi connectivity index (χ4v) is 2.31. The largest absolute Gasteiger partial charge is 0.370 e. The van der Waals surface area contributed by atoms with Crippen molar-refractivity contribution in [1.82, 2.24) is 14.5 Å². The fraction of sp³-hybridized carbons (Fsp3) is 0.692. The van der Waals surface area contributed by atoms with E-state index < -0.39 is 0 Å². The molecule has 6 heteroatoms. The number of likely N-dealkylation sites (tertiary alicyclic amines) is 1. The molecule has 5 nitrogen and oxygen atoms in total. The maximum atomic E-state index is 6.05. The Morgan fingerprint density at radius 2 is 2.00 bits per heavy atom. The number of nitrogens with zero attached hydrogens (tertiary/aromatic N) is 4. The molecule has 1 fully saturated rings. The Balaban J connectivity index is 0.00000180. The molecular formula is C13H24IN5. The SMILES string of the molecule is Cc1nccn1CCN=C(N)N1CCCCCC1.I. The Labute approximate surface area is 132 Å². The lowest BCUT2D eigenvalue weighted by molar-refractivity contribution is 0.428. The van der Waals surface area contributed by atoms with Crippen molar-refractivity contribution in [2.24, 2.45) is 10.7 Å². The van der Waals surface area contributed by atoms with Crippen LogP contribution in [0.2, 0.25) is 0 Å². The molecule has 1 aliphatic rings. The summed E-state index contributed by atoms with van der Waals surface area (Å²) in [5.74, 6) is 1.73. The van der Waals surface area contributed by atoms with E-state index in [1.165, 1.54) is 25.7 Å². The summed E-state index contributed by atoms with van der Waals surface area (Å²) in [4.78, 5) is 10.9. The highest BCUT2D eigenvalue weighted by atomic mass is 127. The minimum Gasteiger partial charge on any atom is -0.370 e. The molecule has 0 saturated carbocycles. The van der Waals surface area contributed by atoms with Crippen molar-refractivity contribution in [3.05, 3.63) is 18.2 Å². The molecule has 0 bridgehead atoms. The second-order valence-corrected chi connectivity index (χ2v) is 4.81. The van der Waals surface area contributed by atoms with Crippen LogP contribution in [0.25, 0.3) is 0 Å². The minimum absolute atomic E-state index is 0. The molecule has 0 amide bonds. The average Bonchev–Trinajstić information content (AvgIpc) is 2.64. The zero-order valence-electron chi connectivity index (χ0n) is 11.6. The van der Waals surface area contributed by atoms with Gasteiger partial charge in [-0.1, -0.05) is 12.8 Å². The summed E-state index contributed by atoms with van der Waals surface area (Å²) in [6.07, 6.45) is 8.90. The first-order chi connectivity index (χ1) is 8.77. The summed E-state index contributed by atoms with van der Waals surface area (Å²) >= 11 is 0. The molecule has 0 aliphatic carbocycles. The van der Waals surface area contributed by atoms with Crippen molar-refractivity contribution < 1.29 is 0 Å². The Morgan fingerprint density at radius 3 is 2.58 bits per heavy atom. The summed E-state index contributed by atoms with van der Waals surface area (Å²) < 4.78 is 2.10. The minimum atomic E-state index is 0. The number of aromatic nitrogens is 2. The zero-order valence-corrected chi connectivity index (χ0v) is 13.9. The Hall–Kier alpha value is -0.790. The third-order valence-electron chi connectivity index (χ3n) is 3.47. The van der Waals surface area contributed by atoms with Gasteiger partial charge in [0, 0.05) is 32.0 Å². The monoisotopic (exact) mass is 377 g/mol. The number of rotatable bonds is 3. The van der Waals surface area contributed by atoms with Gasteiger partial charge >= 0.3 is 0 Å². The highest BCUT2D eigenvalue weighted by Gasteiger charge is 2.10. The molecule has 108 valence electrons. The van der Waals surface area contributed by atoms with E-state index in [1.54, 1.807) is 0 Å². The van der Waals surface area contributed by atoms with Crippen LogP contribution in [0.1, 0.15) is 31.5 Å². The van der Waals surface area contributed by atoms with Crippen molar-refractivity contribution in [3.8, 4) is 0 Å². The van der Waals surface area contributed by atoms with Crippen molar-refractivity contribution >= 4 is 29.9 Å². The highest BCUT2D eigenvalue weighted by Crippen LogP contribution is 2.09. The van der Waals surface area contributed by atoms with Crippen LogP contribution in [0.5, 0.6) is 0 Å². The van der Waals surface area contributed by atoms with Crippen molar-refractivity contribution in [2.75, 3.05) is 19.6 Å². The van der Waals surface area contributed by atoms with Gasteiger partial charge in [0.2, 0.25) is 0 Å². The van der Waals surface area contributed by atoms with Gasteiger partial charge in [-0.3, -0.25) is 4.99 Å². The lowest BCUT2D eigenvalue weighted by Gasteiger charge is -2.21. The smallest absolute Gasteiger partial charge is 0.191 e. The topological polar surface area (TPSA) is 59.4 Å². The van der Waals surface area contributed by atoms with Crippen molar-refractivity contribution in [1.29, 1.82) is 0 Å². The van der Waals surface area contributed by atoms with Gasteiger partial charge < -0.3 is 15.2 Å². The summed E-state index contributed by atoms with van der Waals surface area (Å²) in [7, 11) is 0. The van der Waals surface area contributed by atoms with Crippen molar-refractivity contribution in [2.45, 2.75) is 39.2 Å². The molecule has 0 spiro atoms. The fourth-order valence-electron chi connectivity index (χ4n) is 2.31. The molecule has 2 rings (SSSR count). The van der Waals surface area contributed by atoms with Crippen LogP contribution in [0.15, 0.2) is 17.4 Å². The molecule has 1 aromatic heterocycles. The quantitative estimate of drug-likeness (QED) is 0.498. The predicted molar refractivity (Wildman–Crippen MR) is 88.9 cm³/mol. The summed E-state index contributed by atoms with van der Waals surface area (Å²) in [6, 6.07) is 0. The normalized spacial score (nSPS) is 16.9. The van der Waals surface area contributed by atoms with Crippen LogP contribution in [-0.2, 0) is 6.54 Å². The van der Waals surface area contributed by atoms with Gasteiger partial charge in [-0.15, -0.1) is 24.0 Å². The van der Waals surface area contributed by atoms with Gasteiger partial charge in [-0.2, -0.15) is 0 Å². The second-order valence-electron chi connectivity index (χ2n) is 4.81. The number of hydrogen-bond acceptors (Lipinski definition) is 2. The van der Waals surface area contributed by atoms with Gasteiger partial charge in [0.25, 0.3) is 0 Å². The zero-order chi connectivity index (χ0) is 12.8. The summed E-state index contributed by atoms with van der Waals surface area (Å²) in [6.45, 7) is 5.68. The van der Waals surface area contributed by atoms with E-state index >= 15 is 0 Å². The van der Waals surface area contributed by atoms with Crippen LogP contribution >= 0.6 is 24.0 Å². The number of nitrogens with two attached hydrogens (primary N) is 1. The van der Waals surface area contributed by atoms with Crippen LogP contribution in [0, 0.1) is 6.92 Å². The molecule has 2 N–H and O–H groups in total. The molecule has 0 unspecified atom stereocenters. The lowest BCUT2D eigenvalue weighted by Crippen LogP contribution is -2.38. The third kappa shape index (κ3) is 5.00. The first-order valence-corrected chi connectivity index (χ1v) is 6.80. The number of aryl methyl sites for hydroxylation is 1. The van der Waals surface area contributed by atoms with Gasteiger partial charge in [0.1, 0.15) is 5.82 Å². The maximum Gasteiger partial charge on any atom is 0.191 e. The van der Waals surface area contributed by atoms with Gasteiger partial charge in [-0.05, 0) is 19.8 Å². The summed E-state index contributed by atoms with van der Waals surface area (Å²) in [5, 5.41) is 0. The second kappa shape index (κ2) is 8.39. The molecule has 1 aliphatic heterocycles. The predicted octanol–water partition coefficient (Wildman–Crippen LogP) is 2.00. The first-order valence-electron chi connectivity index (χ1n) is 6.80. The number of aliphatic imine (C=N–C) groups is 1.